The van der Waals surface area contributed by atoms with Crippen LogP contribution in [0.2, 0.25) is 0 Å². The van der Waals surface area contributed by atoms with Crippen LogP contribution >= 0.6 is 11.3 Å². The Labute approximate surface area is 120 Å². The Hall–Kier alpha value is -2.01. The Kier molecular flexibility index (Phi) is 3.36. The van der Waals surface area contributed by atoms with Crippen molar-refractivity contribution >= 4 is 28.2 Å². The van der Waals surface area contributed by atoms with Gasteiger partial charge in [0.25, 0.3) is 0 Å². The lowest BCUT2D eigenvalue weighted by atomic mass is 9.85. The molecule has 0 fully saturated rings. The molecule has 5 heteroatoms. The quantitative estimate of drug-likeness (QED) is 0.923. The van der Waals surface area contributed by atoms with E-state index in [0.717, 1.165) is 12.1 Å². The van der Waals surface area contributed by atoms with Gasteiger partial charge in [-0.3, -0.25) is 9.59 Å². The van der Waals surface area contributed by atoms with Crippen LogP contribution in [0.3, 0.4) is 0 Å². The molecule has 0 saturated carbocycles. The summed E-state index contributed by atoms with van der Waals surface area (Å²) < 4.78 is 0. The molecule has 1 unspecified atom stereocenters. The van der Waals surface area contributed by atoms with Crippen LogP contribution in [-0.4, -0.2) is 16.7 Å². The fourth-order valence-electron chi connectivity index (χ4n) is 2.49. The Balaban J connectivity index is 1.89. The van der Waals surface area contributed by atoms with Gasteiger partial charge in [-0.1, -0.05) is 41.7 Å². The van der Waals surface area contributed by atoms with Gasteiger partial charge in [-0.2, -0.15) is 0 Å². The molecule has 0 aliphatic heterocycles. The predicted molar refractivity (Wildman–Crippen MR) is 78.3 cm³/mol. The summed E-state index contributed by atoms with van der Waals surface area (Å²) in [5.41, 5.74) is 1.98. The van der Waals surface area contributed by atoms with Gasteiger partial charge in [0.15, 0.2) is 10.9 Å². The lowest BCUT2D eigenvalue weighted by Gasteiger charge is -2.20. The summed E-state index contributed by atoms with van der Waals surface area (Å²) >= 11 is 1.28. The maximum atomic E-state index is 12.2. The smallest absolute Gasteiger partial charge is 0.223 e. The van der Waals surface area contributed by atoms with E-state index >= 15 is 0 Å². The number of ketones is 1. The molecule has 102 valence electrons. The van der Waals surface area contributed by atoms with E-state index in [-0.39, 0.29) is 17.6 Å². The van der Waals surface area contributed by atoms with E-state index in [0.29, 0.717) is 16.4 Å². The maximum Gasteiger partial charge on any atom is 0.223 e. The second-order valence-corrected chi connectivity index (χ2v) is 5.91. The van der Waals surface area contributed by atoms with E-state index in [1.165, 1.54) is 23.8 Å². The highest BCUT2D eigenvalue weighted by molar-refractivity contribution is 7.17. The minimum Gasteiger partial charge on any atom is -0.302 e. The van der Waals surface area contributed by atoms with Crippen molar-refractivity contribution in [2.24, 2.45) is 0 Å². The topological polar surface area (TPSA) is 59.1 Å². The summed E-state index contributed by atoms with van der Waals surface area (Å²) in [6, 6.07) is 10.0. The molecule has 20 heavy (non-hydrogen) atoms. The number of carbonyl (C=O) groups excluding carboxylic acids is 2. The molecule has 0 radical (unpaired) electrons. The molecule has 1 aromatic heterocycles. The summed E-state index contributed by atoms with van der Waals surface area (Å²) in [6.07, 6.45) is 1.26. The minimum atomic E-state index is -0.164. The molecule has 1 heterocycles. The van der Waals surface area contributed by atoms with Gasteiger partial charge in [0.1, 0.15) is 0 Å². The first-order chi connectivity index (χ1) is 9.63. The first kappa shape index (κ1) is 13.0. The number of thiazole rings is 1. The van der Waals surface area contributed by atoms with Crippen molar-refractivity contribution in [1.82, 2.24) is 4.98 Å². The molecule has 0 bridgehead atoms. The average molecular weight is 286 g/mol. The third-order valence-electron chi connectivity index (χ3n) is 3.38. The average Bonchev–Trinajstić information content (AvgIpc) is 2.82. The number of anilines is 1. The van der Waals surface area contributed by atoms with Crippen LogP contribution in [0.5, 0.6) is 0 Å². The Morgan fingerprint density at radius 3 is 2.75 bits per heavy atom. The van der Waals surface area contributed by atoms with Crippen LogP contribution in [-0.2, 0) is 11.2 Å². The predicted octanol–water partition coefficient (Wildman–Crippen LogP) is 3.01. The molecule has 2 aromatic rings. The van der Waals surface area contributed by atoms with E-state index in [9.17, 15) is 9.59 Å². The van der Waals surface area contributed by atoms with Crippen LogP contribution < -0.4 is 5.32 Å². The van der Waals surface area contributed by atoms with E-state index in [1.54, 1.807) is 0 Å². The second kappa shape index (κ2) is 5.17. The molecule has 1 amide bonds. The number of Topliss-reactive ketones (excluding diaryl/α,β-unsaturated/α-hetero) is 1. The van der Waals surface area contributed by atoms with E-state index in [2.05, 4.69) is 10.3 Å². The SMILES string of the molecule is CC(=O)Nc1nc2c(s1)C(=O)CC(c1ccccc1)C2. The number of amides is 1. The van der Waals surface area contributed by atoms with Crippen molar-refractivity contribution in [3.8, 4) is 0 Å². The number of hydrogen-bond donors (Lipinski definition) is 1. The number of aromatic nitrogens is 1. The molecular formula is C15H14N2O2S. The maximum absolute atomic E-state index is 12.2. The molecule has 1 N–H and O–H groups in total. The number of carbonyl (C=O) groups is 2. The Bertz CT molecular complexity index is 664. The van der Waals surface area contributed by atoms with E-state index in [1.807, 2.05) is 30.3 Å². The van der Waals surface area contributed by atoms with Crippen LogP contribution in [0.25, 0.3) is 0 Å². The van der Waals surface area contributed by atoms with Gasteiger partial charge in [-0.15, -0.1) is 0 Å². The van der Waals surface area contributed by atoms with Gasteiger partial charge >= 0.3 is 0 Å². The summed E-state index contributed by atoms with van der Waals surface area (Å²) in [7, 11) is 0. The molecule has 1 aliphatic carbocycles. The first-order valence-electron chi connectivity index (χ1n) is 6.49. The zero-order valence-corrected chi connectivity index (χ0v) is 11.9. The standard InChI is InChI=1S/C15H14N2O2S/c1-9(18)16-15-17-12-7-11(8-13(19)14(12)20-15)10-5-3-2-4-6-10/h2-6,11H,7-8H2,1H3,(H,16,17,18). The number of fused-ring (bicyclic) bond motifs is 1. The minimum absolute atomic E-state index is 0.120. The van der Waals surface area contributed by atoms with Gasteiger partial charge in [0.05, 0.1) is 10.6 Å². The number of rotatable bonds is 2. The third-order valence-corrected chi connectivity index (χ3v) is 4.43. The summed E-state index contributed by atoms with van der Waals surface area (Å²) in [5, 5.41) is 3.17. The first-order valence-corrected chi connectivity index (χ1v) is 7.30. The molecule has 4 nitrogen and oxygen atoms in total. The fourth-order valence-corrected chi connectivity index (χ4v) is 3.48. The van der Waals surface area contributed by atoms with Gasteiger partial charge < -0.3 is 5.32 Å². The molecular weight excluding hydrogens is 272 g/mol. The van der Waals surface area contributed by atoms with Crippen LogP contribution in [0.1, 0.15) is 40.2 Å². The van der Waals surface area contributed by atoms with E-state index < -0.39 is 0 Å². The monoisotopic (exact) mass is 286 g/mol. The Morgan fingerprint density at radius 2 is 2.05 bits per heavy atom. The van der Waals surface area contributed by atoms with Crippen molar-refractivity contribution in [3.63, 3.8) is 0 Å². The van der Waals surface area contributed by atoms with Crippen LogP contribution in [0, 0.1) is 0 Å². The van der Waals surface area contributed by atoms with Crippen molar-refractivity contribution in [3.05, 3.63) is 46.5 Å². The highest BCUT2D eigenvalue weighted by Gasteiger charge is 2.29. The third kappa shape index (κ3) is 2.49. The molecule has 1 aromatic carbocycles. The second-order valence-electron chi connectivity index (χ2n) is 4.92. The highest BCUT2D eigenvalue weighted by Crippen LogP contribution is 2.36. The molecule has 1 aliphatic rings. The van der Waals surface area contributed by atoms with Gasteiger partial charge in [0.2, 0.25) is 5.91 Å². The zero-order chi connectivity index (χ0) is 14.1. The normalized spacial score (nSPS) is 17.6. The molecule has 1 atom stereocenters. The lowest BCUT2D eigenvalue weighted by Crippen LogP contribution is -2.17. The summed E-state index contributed by atoms with van der Waals surface area (Å²) in [4.78, 5) is 28.4. The van der Waals surface area contributed by atoms with Crippen molar-refractivity contribution < 1.29 is 9.59 Å². The van der Waals surface area contributed by atoms with Crippen LogP contribution in [0.15, 0.2) is 30.3 Å². The number of nitrogens with zero attached hydrogens (tertiary/aromatic N) is 1. The summed E-state index contributed by atoms with van der Waals surface area (Å²) in [5.74, 6) is 0.140. The zero-order valence-electron chi connectivity index (χ0n) is 11.1. The lowest BCUT2D eigenvalue weighted by molar-refractivity contribution is -0.114. The molecule has 0 spiro atoms. The Morgan fingerprint density at radius 1 is 1.30 bits per heavy atom. The van der Waals surface area contributed by atoms with Crippen molar-refractivity contribution in [1.29, 1.82) is 0 Å². The summed E-state index contributed by atoms with van der Waals surface area (Å²) in [6.45, 7) is 1.44. The number of benzene rings is 1. The molecule has 3 rings (SSSR count). The fraction of sp³-hybridized carbons (Fsp3) is 0.267. The number of nitrogens with one attached hydrogen (secondary N) is 1. The molecule has 0 saturated heterocycles. The van der Waals surface area contributed by atoms with Gasteiger partial charge in [-0.25, -0.2) is 4.98 Å². The van der Waals surface area contributed by atoms with Crippen molar-refractivity contribution in [2.75, 3.05) is 5.32 Å². The number of hydrogen-bond acceptors (Lipinski definition) is 4. The van der Waals surface area contributed by atoms with E-state index in [4.69, 9.17) is 0 Å². The highest BCUT2D eigenvalue weighted by atomic mass is 32.1. The van der Waals surface area contributed by atoms with Gasteiger partial charge in [-0.05, 0) is 17.9 Å². The van der Waals surface area contributed by atoms with Crippen molar-refractivity contribution in [2.45, 2.75) is 25.7 Å². The van der Waals surface area contributed by atoms with Crippen LogP contribution in [0.4, 0.5) is 5.13 Å². The van der Waals surface area contributed by atoms with Gasteiger partial charge in [0, 0.05) is 13.3 Å². The largest absolute Gasteiger partial charge is 0.302 e.